The van der Waals surface area contributed by atoms with Crippen molar-refractivity contribution in [1.82, 2.24) is 14.5 Å². The number of aliphatic imine (C=N–C) groups is 1. The molecule has 8 heteroatoms. The van der Waals surface area contributed by atoms with Crippen molar-refractivity contribution in [2.75, 3.05) is 0 Å². The lowest BCUT2D eigenvalue weighted by Crippen LogP contribution is -2.59. The van der Waals surface area contributed by atoms with Crippen molar-refractivity contribution in [1.29, 1.82) is 0 Å². The molecule has 2 amide bonds. The topological polar surface area (TPSA) is 106 Å². The van der Waals surface area contributed by atoms with E-state index >= 15 is 0 Å². The quantitative estimate of drug-likeness (QED) is 0.764. The molecule has 4 fully saturated rings. The van der Waals surface area contributed by atoms with Gasteiger partial charge in [0, 0.05) is 19.6 Å². The van der Waals surface area contributed by atoms with E-state index in [1.54, 1.807) is 0 Å². The third kappa shape index (κ3) is 2.68. The van der Waals surface area contributed by atoms with Crippen LogP contribution >= 0.6 is 0 Å². The second-order valence-corrected chi connectivity index (χ2v) is 8.33. The number of hydrogen-bond donors (Lipinski definition) is 2. The summed E-state index contributed by atoms with van der Waals surface area (Å²) in [6.45, 7) is 0. The first-order valence-electron chi connectivity index (χ1n) is 9.13. The fraction of sp³-hybridized carbons (Fsp3) is 0.667. The number of amides is 2. The highest BCUT2D eigenvalue weighted by Gasteiger charge is 2.51. The van der Waals surface area contributed by atoms with Gasteiger partial charge in [0.05, 0.1) is 6.21 Å². The van der Waals surface area contributed by atoms with E-state index in [2.05, 4.69) is 10.3 Å². The second kappa shape index (κ2) is 5.82. The van der Waals surface area contributed by atoms with Crippen molar-refractivity contribution in [3.8, 4) is 5.88 Å². The van der Waals surface area contributed by atoms with Gasteiger partial charge in [-0.15, -0.1) is 0 Å². The normalized spacial score (nSPS) is 32.3. The summed E-state index contributed by atoms with van der Waals surface area (Å²) in [5.41, 5.74) is -1.66. The number of rotatable bonds is 2. The average molecular weight is 360 g/mol. The van der Waals surface area contributed by atoms with Gasteiger partial charge in [-0.25, -0.2) is 14.6 Å². The van der Waals surface area contributed by atoms with Crippen LogP contribution in [0, 0.1) is 17.8 Å². The van der Waals surface area contributed by atoms with Gasteiger partial charge in [0.1, 0.15) is 5.56 Å². The molecule has 0 saturated heterocycles. The van der Waals surface area contributed by atoms with E-state index in [0.717, 1.165) is 34.6 Å². The zero-order valence-corrected chi connectivity index (χ0v) is 15.1. The number of carbonyl (C=O) groups is 1. The maximum Gasteiger partial charge on any atom is 0.341 e. The monoisotopic (exact) mass is 360 g/mol. The molecule has 2 N–H and O–H groups in total. The number of carbonyl (C=O) groups excluding carboxylic acids is 1. The number of aromatic hydroxyl groups is 1. The first kappa shape index (κ1) is 17.1. The third-order valence-electron chi connectivity index (χ3n) is 6.39. The van der Waals surface area contributed by atoms with Crippen LogP contribution in [-0.2, 0) is 14.1 Å². The Bertz CT molecular complexity index is 876. The van der Waals surface area contributed by atoms with Crippen LogP contribution in [0.5, 0.6) is 5.88 Å². The summed E-state index contributed by atoms with van der Waals surface area (Å²) >= 11 is 0. The van der Waals surface area contributed by atoms with Crippen molar-refractivity contribution < 1.29 is 9.90 Å². The van der Waals surface area contributed by atoms with E-state index in [1.807, 2.05) is 0 Å². The van der Waals surface area contributed by atoms with Crippen LogP contribution in [0.1, 0.15) is 44.1 Å². The molecule has 0 spiro atoms. The van der Waals surface area contributed by atoms with Crippen molar-refractivity contribution >= 4 is 12.2 Å². The lowest BCUT2D eigenvalue weighted by molar-refractivity contribution is -0.0129. The molecule has 140 valence electrons. The van der Waals surface area contributed by atoms with Gasteiger partial charge in [0.2, 0.25) is 5.88 Å². The van der Waals surface area contributed by atoms with Crippen LogP contribution in [0.3, 0.4) is 0 Å². The maximum absolute atomic E-state index is 12.4. The first-order chi connectivity index (χ1) is 12.3. The fourth-order valence-corrected chi connectivity index (χ4v) is 5.62. The van der Waals surface area contributed by atoms with Gasteiger partial charge in [-0.2, -0.15) is 0 Å². The maximum atomic E-state index is 12.4. The number of nitrogens with zero attached hydrogens (tertiary/aromatic N) is 3. The van der Waals surface area contributed by atoms with Gasteiger partial charge in [0.25, 0.3) is 5.56 Å². The predicted molar refractivity (Wildman–Crippen MR) is 95.6 cm³/mol. The van der Waals surface area contributed by atoms with E-state index in [-0.39, 0.29) is 11.1 Å². The molecular formula is C18H24N4O4. The molecule has 1 aromatic heterocycles. The number of urea groups is 1. The molecule has 0 atom stereocenters. The summed E-state index contributed by atoms with van der Waals surface area (Å²) in [5, 5.41) is 13.1. The van der Waals surface area contributed by atoms with E-state index in [9.17, 15) is 19.5 Å². The molecule has 4 saturated carbocycles. The lowest BCUT2D eigenvalue weighted by Gasteiger charge is -2.56. The molecule has 4 aliphatic rings. The third-order valence-corrected chi connectivity index (χ3v) is 6.39. The largest absolute Gasteiger partial charge is 0.494 e. The van der Waals surface area contributed by atoms with Crippen molar-refractivity contribution in [3.05, 3.63) is 26.4 Å². The number of nitrogens with one attached hydrogen (secondary N) is 1. The molecule has 0 aliphatic heterocycles. The van der Waals surface area contributed by atoms with Crippen LogP contribution in [0.4, 0.5) is 4.79 Å². The molecule has 5 rings (SSSR count). The highest BCUT2D eigenvalue weighted by molar-refractivity contribution is 5.92. The minimum absolute atomic E-state index is 0.167. The van der Waals surface area contributed by atoms with E-state index in [4.69, 9.17) is 0 Å². The van der Waals surface area contributed by atoms with Gasteiger partial charge >= 0.3 is 11.7 Å². The van der Waals surface area contributed by atoms with Crippen LogP contribution in [-0.4, -0.2) is 32.0 Å². The molecule has 4 aliphatic carbocycles. The molecule has 0 aromatic carbocycles. The smallest absolute Gasteiger partial charge is 0.341 e. The highest BCUT2D eigenvalue weighted by Crippen LogP contribution is 2.55. The molecule has 26 heavy (non-hydrogen) atoms. The molecule has 4 bridgehead atoms. The summed E-state index contributed by atoms with van der Waals surface area (Å²) in [5.74, 6) is 1.60. The molecule has 0 radical (unpaired) electrons. The predicted octanol–water partition coefficient (Wildman–Crippen LogP) is 0.887. The first-order valence-corrected chi connectivity index (χ1v) is 9.13. The number of aromatic nitrogens is 2. The summed E-state index contributed by atoms with van der Waals surface area (Å²) in [6.07, 6.45) is 7.90. The zero-order chi connectivity index (χ0) is 18.6. The Hall–Kier alpha value is -2.38. The second-order valence-electron chi connectivity index (χ2n) is 8.33. The summed E-state index contributed by atoms with van der Waals surface area (Å²) in [7, 11) is 2.67. The van der Waals surface area contributed by atoms with E-state index in [1.165, 1.54) is 33.4 Å². The lowest BCUT2D eigenvalue weighted by atomic mass is 9.53. The van der Waals surface area contributed by atoms with Crippen molar-refractivity contribution in [2.24, 2.45) is 36.8 Å². The summed E-state index contributed by atoms with van der Waals surface area (Å²) in [4.78, 5) is 40.1. The van der Waals surface area contributed by atoms with E-state index in [0.29, 0.717) is 17.8 Å². The van der Waals surface area contributed by atoms with Crippen LogP contribution in [0.2, 0.25) is 0 Å². The highest BCUT2D eigenvalue weighted by atomic mass is 16.3. The molecular weight excluding hydrogens is 336 g/mol. The van der Waals surface area contributed by atoms with Crippen LogP contribution in [0.15, 0.2) is 14.6 Å². The van der Waals surface area contributed by atoms with E-state index < -0.39 is 23.2 Å². The fourth-order valence-electron chi connectivity index (χ4n) is 5.62. The summed E-state index contributed by atoms with van der Waals surface area (Å²) in [6, 6.07) is -0.498. The van der Waals surface area contributed by atoms with Gasteiger partial charge in [0.15, 0.2) is 0 Å². The van der Waals surface area contributed by atoms with Gasteiger partial charge in [-0.05, 0) is 56.3 Å². The zero-order valence-electron chi connectivity index (χ0n) is 15.1. The standard InChI is InChI=1S/C18H24N4O4/c1-21-14(23)13(15(24)22(2)17(21)26)9-19-16(25)20-18-6-10-3-11(7-18)5-12(4-10)8-18/h9-12,23H,3-8H2,1-2H3,(H,20,25). The molecule has 1 heterocycles. The molecule has 1 aromatic rings. The Balaban J connectivity index is 1.55. The van der Waals surface area contributed by atoms with Crippen LogP contribution < -0.4 is 16.6 Å². The Morgan fingerprint density at radius 1 is 1.12 bits per heavy atom. The Kier molecular flexibility index (Phi) is 3.82. The van der Waals surface area contributed by atoms with Crippen molar-refractivity contribution in [3.63, 3.8) is 0 Å². The van der Waals surface area contributed by atoms with Gasteiger partial charge in [-0.3, -0.25) is 13.9 Å². The SMILES string of the molecule is Cn1c(O)c(C=NC(=O)NC23CC4CC(CC(C4)C2)C3)c(=O)n(C)c1=O. The molecule has 8 nitrogen and oxygen atoms in total. The Labute approximate surface area is 150 Å². The summed E-state index contributed by atoms with van der Waals surface area (Å²) < 4.78 is 1.82. The Morgan fingerprint density at radius 2 is 1.65 bits per heavy atom. The van der Waals surface area contributed by atoms with Gasteiger partial charge < -0.3 is 10.4 Å². The minimum Gasteiger partial charge on any atom is -0.494 e. The van der Waals surface area contributed by atoms with Crippen molar-refractivity contribution in [2.45, 2.75) is 44.1 Å². The van der Waals surface area contributed by atoms with Crippen LogP contribution in [0.25, 0.3) is 0 Å². The number of hydrogen-bond acceptors (Lipinski definition) is 4. The molecule has 0 unspecified atom stereocenters. The van der Waals surface area contributed by atoms with Gasteiger partial charge in [-0.1, -0.05) is 0 Å². The average Bonchev–Trinajstić information content (AvgIpc) is 2.56. The minimum atomic E-state index is -0.683. The Morgan fingerprint density at radius 3 is 2.19 bits per heavy atom.